The highest BCUT2D eigenvalue weighted by Crippen LogP contribution is 2.38. The molecular formula is C12H13N3OS. The van der Waals surface area contributed by atoms with Gasteiger partial charge in [-0.25, -0.2) is 0 Å². The first-order valence-electron chi connectivity index (χ1n) is 5.56. The molecule has 2 atom stereocenters. The summed E-state index contributed by atoms with van der Waals surface area (Å²) in [6.45, 7) is 2.48. The molecule has 5 heteroatoms. The maximum absolute atomic E-state index is 9.80. The molecule has 0 saturated heterocycles. The Labute approximate surface area is 104 Å². The van der Waals surface area contributed by atoms with E-state index in [1.165, 1.54) is 0 Å². The van der Waals surface area contributed by atoms with Crippen LogP contribution in [0.1, 0.15) is 12.5 Å². The fourth-order valence-corrected chi connectivity index (χ4v) is 3.07. The summed E-state index contributed by atoms with van der Waals surface area (Å²) in [5, 5.41) is 12.9. The molecule has 0 aromatic carbocycles. The van der Waals surface area contributed by atoms with Gasteiger partial charge < -0.3 is 10.0 Å². The van der Waals surface area contributed by atoms with Crippen LogP contribution in [0.2, 0.25) is 0 Å². The number of rotatable bonds is 2. The van der Waals surface area contributed by atoms with Gasteiger partial charge in [-0.1, -0.05) is 11.8 Å². The lowest BCUT2D eigenvalue weighted by Crippen LogP contribution is -2.39. The summed E-state index contributed by atoms with van der Waals surface area (Å²) >= 11 is 1.61. The summed E-state index contributed by atoms with van der Waals surface area (Å²) in [7, 11) is 0. The van der Waals surface area contributed by atoms with Crippen molar-refractivity contribution in [2.75, 3.05) is 6.54 Å². The van der Waals surface area contributed by atoms with Crippen molar-refractivity contribution in [3.63, 3.8) is 0 Å². The molecule has 3 rings (SSSR count). The van der Waals surface area contributed by atoms with Crippen molar-refractivity contribution in [2.45, 2.75) is 19.1 Å². The Balaban J connectivity index is 1.95. The van der Waals surface area contributed by atoms with E-state index >= 15 is 0 Å². The van der Waals surface area contributed by atoms with Crippen LogP contribution in [0.25, 0.3) is 5.70 Å². The third kappa shape index (κ3) is 1.75. The quantitative estimate of drug-likeness (QED) is 0.861. The third-order valence-electron chi connectivity index (χ3n) is 3.00. The zero-order valence-electron chi connectivity index (χ0n) is 9.45. The minimum absolute atomic E-state index is 0.0476. The largest absolute Gasteiger partial charge is 0.391 e. The predicted octanol–water partition coefficient (Wildman–Crippen LogP) is 1.55. The standard InChI is InChI=1S/C12H13N3OS/c1-8(16)10-6-14-12-15(10)11(7-17-12)9-3-2-4-13-5-9/h2-5,7-8,10,16H,6H2,1H3/t8?,10-/m1/s1. The van der Waals surface area contributed by atoms with Gasteiger partial charge in [0.2, 0.25) is 0 Å². The lowest BCUT2D eigenvalue weighted by atomic mass is 10.1. The Bertz CT molecular complexity index is 484. The van der Waals surface area contributed by atoms with Crippen LogP contribution in [-0.4, -0.2) is 38.8 Å². The SMILES string of the molecule is CC(O)[C@H]1CN=C2SC=C(c3cccnc3)N21. The summed E-state index contributed by atoms with van der Waals surface area (Å²) in [6, 6.07) is 4.00. The van der Waals surface area contributed by atoms with Crippen LogP contribution in [0.15, 0.2) is 34.9 Å². The fraction of sp³-hybridized carbons (Fsp3) is 0.333. The molecule has 1 N–H and O–H groups in total. The normalized spacial score (nSPS) is 24.4. The molecule has 0 amide bonds. The number of hydrogen-bond donors (Lipinski definition) is 1. The van der Waals surface area contributed by atoms with E-state index in [9.17, 15) is 5.11 Å². The lowest BCUT2D eigenvalue weighted by molar-refractivity contribution is 0.133. The second-order valence-electron chi connectivity index (χ2n) is 4.16. The topological polar surface area (TPSA) is 48.7 Å². The number of aliphatic imine (C=N–C) groups is 1. The summed E-state index contributed by atoms with van der Waals surface area (Å²) < 4.78 is 0. The number of thioether (sulfide) groups is 1. The van der Waals surface area contributed by atoms with E-state index in [1.54, 1.807) is 18.0 Å². The number of fused-ring (bicyclic) bond motifs is 1. The first kappa shape index (κ1) is 10.8. The molecule has 0 bridgehead atoms. The minimum Gasteiger partial charge on any atom is -0.391 e. The van der Waals surface area contributed by atoms with E-state index in [4.69, 9.17) is 0 Å². The van der Waals surface area contributed by atoms with Crippen molar-refractivity contribution in [3.05, 3.63) is 35.5 Å². The van der Waals surface area contributed by atoms with Crippen molar-refractivity contribution in [3.8, 4) is 0 Å². The van der Waals surface area contributed by atoms with E-state index in [0.717, 1.165) is 16.4 Å². The second-order valence-corrected chi connectivity index (χ2v) is 5.00. The zero-order valence-corrected chi connectivity index (χ0v) is 10.3. The molecule has 88 valence electrons. The van der Waals surface area contributed by atoms with Crippen LogP contribution in [0.3, 0.4) is 0 Å². The van der Waals surface area contributed by atoms with E-state index in [2.05, 4.69) is 20.3 Å². The van der Waals surface area contributed by atoms with E-state index in [1.807, 2.05) is 25.3 Å². The van der Waals surface area contributed by atoms with Crippen LogP contribution < -0.4 is 0 Å². The molecule has 1 unspecified atom stereocenters. The first-order valence-corrected chi connectivity index (χ1v) is 6.44. The third-order valence-corrected chi connectivity index (χ3v) is 3.88. The highest BCUT2D eigenvalue weighted by atomic mass is 32.2. The molecule has 1 aromatic heterocycles. The summed E-state index contributed by atoms with van der Waals surface area (Å²) in [5.41, 5.74) is 2.16. The molecule has 0 fully saturated rings. The van der Waals surface area contributed by atoms with Gasteiger partial charge in [0.25, 0.3) is 0 Å². The van der Waals surface area contributed by atoms with Crippen LogP contribution in [0, 0.1) is 0 Å². The minimum atomic E-state index is -0.393. The maximum atomic E-state index is 9.80. The number of aliphatic hydroxyl groups excluding tert-OH is 1. The van der Waals surface area contributed by atoms with E-state index in [0.29, 0.717) is 6.54 Å². The smallest absolute Gasteiger partial charge is 0.168 e. The van der Waals surface area contributed by atoms with Crippen molar-refractivity contribution < 1.29 is 5.11 Å². The molecular weight excluding hydrogens is 234 g/mol. The molecule has 1 aromatic rings. The molecule has 17 heavy (non-hydrogen) atoms. The second kappa shape index (κ2) is 4.16. The number of amidine groups is 1. The fourth-order valence-electron chi connectivity index (χ4n) is 2.10. The number of hydrogen-bond acceptors (Lipinski definition) is 5. The predicted molar refractivity (Wildman–Crippen MR) is 69.4 cm³/mol. The van der Waals surface area contributed by atoms with Crippen molar-refractivity contribution in [1.82, 2.24) is 9.88 Å². The summed E-state index contributed by atoms with van der Waals surface area (Å²) in [6.07, 6.45) is 3.21. The Hall–Kier alpha value is -1.33. The summed E-state index contributed by atoms with van der Waals surface area (Å²) in [4.78, 5) is 10.7. The Morgan fingerprint density at radius 2 is 2.47 bits per heavy atom. The Morgan fingerprint density at radius 1 is 1.59 bits per heavy atom. The number of aliphatic hydroxyl groups is 1. The molecule has 0 spiro atoms. The average molecular weight is 247 g/mol. The van der Waals surface area contributed by atoms with Crippen LogP contribution >= 0.6 is 11.8 Å². The molecule has 2 aliphatic rings. The molecule has 0 saturated carbocycles. The van der Waals surface area contributed by atoms with Crippen LogP contribution in [0.4, 0.5) is 0 Å². The van der Waals surface area contributed by atoms with Gasteiger partial charge in [-0.05, 0) is 19.1 Å². The molecule has 0 radical (unpaired) electrons. The highest BCUT2D eigenvalue weighted by molar-refractivity contribution is 8.16. The monoisotopic (exact) mass is 247 g/mol. The van der Waals surface area contributed by atoms with Gasteiger partial charge in [0.1, 0.15) is 0 Å². The van der Waals surface area contributed by atoms with Crippen molar-refractivity contribution >= 4 is 22.6 Å². The van der Waals surface area contributed by atoms with Crippen molar-refractivity contribution in [1.29, 1.82) is 0 Å². The van der Waals surface area contributed by atoms with Gasteiger partial charge in [0, 0.05) is 23.4 Å². The zero-order chi connectivity index (χ0) is 11.8. The average Bonchev–Trinajstić information content (AvgIpc) is 2.90. The Kier molecular flexibility index (Phi) is 2.64. The molecule has 0 aliphatic carbocycles. The van der Waals surface area contributed by atoms with E-state index < -0.39 is 6.10 Å². The van der Waals surface area contributed by atoms with Gasteiger partial charge in [0.05, 0.1) is 24.4 Å². The van der Waals surface area contributed by atoms with Crippen LogP contribution in [0.5, 0.6) is 0 Å². The Morgan fingerprint density at radius 3 is 3.18 bits per heavy atom. The molecule has 3 heterocycles. The molecule has 2 aliphatic heterocycles. The number of nitrogens with zero attached hydrogens (tertiary/aromatic N) is 3. The van der Waals surface area contributed by atoms with Gasteiger partial charge in [0.15, 0.2) is 5.17 Å². The summed E-state index contributed by atoms with van der Waals surface area (Å²) in [5.74, 6) is 0. The van der Waals surface area contributed by atoms with Gasteiger partial charge in [-0.15, -0.1) is 0 Å². The molecule has 4 nitrogen and oxygen atoms in total. The number of aromatic nitrogens is 1. The maximum Gasteiger partial charge on any atom is 0.168 e. The van der Waals surface area contributed by atoms with Gasteiger partial charge >= 0.3 is 0 Å². The lowest BCUT2D eigenvalue weighted by Gasteiger charge is -2.27. The van der Waals surface area contributed by atoms with Gasteiger partial charge in [-0.3, -0.25) is 9.98 Å². The first-order chi connectivity index (χ1) is 8.27. The van der Waals surface area contributed by atoms with Crippen LogP contribution in [-0.2, 0) is 0 Å². The van der Waals surface area contributed by atoms with Crippen molar-refractivity contribution in [2.24, 2.45) is 4.99 Å². The number of pyridine rings is 1. The van der Waals surface area contributed by atoms with Gasteiger partial charge in [-0.2, -0.15) is 0 Å². The highest BCUT2D eigenvalue weighted by Gasteiger charge is 2.37. The van der Waals surface area contributed by atoms with E-state index in [-0.39, 0.29) is 6.04 Å².